The number of thiazole rings is 5. The Morgan fingerprint density at radius 3 is 1.32 bits per heavy atom. The molecule has 0 spiro atoms. The predicted octanol–water partition coefficient (Wildman–Crippen LogP) is 24.7. The monoisotopic (exact) mass is 1420 g/mol. The summed E-state index contributed by atoms with van der Waals surface area (Å²) >= 11 is 7.51. The van der Waals surface area contributed by atoms with Gasteiger partial charge in [0.05, 0.1) is 34.2 Å². The molecule has 15 aromatic rings. The lowest BCUT2D eigenvalue weighted by Crippen LogP contribution is -1.94. The fourth-order valence-electron chi connectivity index (χ4n) is 9.94. The van der Waals surface area contributed by atoms with Crippen LogP contribution in [0.25, 0.3) is 88.0 Å². The molecule has 18 heteroatoms. The lowest BCUT2D eigenvalue weighted by Gasteiger charge is -2.03. The Labute approximate surface area is 597 Å². The molecular formula is C82H64F5N7OS5. The molecule has 5 aromatic heterocycles. The molecule has 0 aliphatic rings. The molecule has 100 heavy (non-hydrogen) atoms. The zero-order valence-electron chi connectivity index (χ0n) is 54.5. The molecule has 10 aromatic carbocycles. The Balaban J connectivity index is 0.000000126. The number of hydrogen-bond acceptors (Lipinski definition) is 13. The summed E-state index contributed by atoms with van der Waals surface area (Å²) in [5.74, 6) is -1.05. The van der Waals surface area contributed by atoms with Crippen molar-refractivity contribution in [1.29, 1.82) is 0 Å². The second-order valence-electron chi connectivity index (χ2n) is 22.8. The summed E-state index contributed by atoms with van der Waals surface area (Å²) in [5.41, 5.74) is 18.1. The van der Waals surface area contributed by atoms with E-state index in [4.69, 9.17) is 0 Å². The second kappa shape index (κ2) is 34.7. The van der Waals surface area contributed by atoms with Crippen molar-refractivity contribution >= 4 is 84.1 Å². The van der Waals surface area contributed by atoms with Crippen LogP contribution in [0, 0.1) is 49.9 Å². The quantitative estimate of drug-likeness (QED) is 0.0978. The van der Waals surface area contributed by atoms with Gasteiger partial charge in [0.25, 0.3) is 0 Å². The van der Waals surface area contributed by atoms with Crippen LogP contribution in [-0.4, -0.2) is 30.7 Å². The highest BCUT2D eigenvalue weighted by Crippen LogP contribution is 2.35. The van der Waals surface area contributed by atoms with E-state index >= 15 is 0 Å². The molecule has 15 rings (SSSR count). The van der Waals surface area contributed by atoms with Crippen LogP contribution in [-0.2, 0) is 11.2 Å². The van der Waals surface area contributed by atoms with Gasteiger partial charge in [-0.2, -0.15) is 0 Å². The molecule has 498 valence electrons. The molecule has 2 N–H and O–H groups in total. The van der Waals surface area contributed by atoms with Crippen molar-refractivity contribution in [3.05, 3.63) is 327 Å². The smallest absolute Gasteiger partial charge is 0.187 e. The molecule has 0 saturated carbocycles. The van der Waals surface area contributed by atoms with Crippen LogP contribution in [0.3, 0.4) is 0 Å². The number of Topliss-reactive ketones (excluding diaryl/α,β-unsaturated/α-hetero) is 1. The number of para-hydroxylation sites is 1. The van der Waals surface area contributed by atoms with Crippen LogP contribution in [0.15, 0.2) is 276 Å². The van der Waals surface area contributed by atoms with E-state index in [-0.39, 0.29) is 34.9 Å². The average Bonchev–Trinajstić information content (AvgIpc) is 1.77. The Bertz CT molecular complexity index is 5090. The molecule has 0 saturated heterocycles. The van der Waals surface area contributed by atoms with Crippen LogP contribution in [0.4, 0.5) is 43.6 Å². The summed E-state index contributed by atoms with van der Waals surface area (Å²) in [6.45, 7) is 7.78. The Kier molecular flexibility index (Phi) is 24.5. The number of carbonyl (C=O) groups is 1. The van der Waals surface area contributed by atoms with Gasteiger partial charge in [0.2, 0.25) is 0 Å². The number of aromatic nitrogens is 5. The largest absolute Gasteiger partial charge is 0.331 e. The third-order valence-corrected chi connectivity index (χ3v) is 19.2. The number of ketones is 1. The van der Waals surface area contributed by atoms with Gasteiger partial charge in [-0.05, 0) is 137 Å². The Morgan fingerprint density at radius 2 is 0.780 bits per heavy atom. The van der Waals surface area contributed by atoms with Crippen molar-refractivity contribution < 1.29 is 26.7 Å². The Hall–Kier alpha value is -10.7. The first-order valence-electron chi connectivity index (χ1n) is 31.5. The van der Waals surface area contributed by atoms with Crippen molar-refractivity contribution in [3.63, 3.8) is 0 Å². The molecule has 5 heterocycles. The first-order chi connectivity index (χ1) is 48.6. The standard InChI is InChI=1S/C19H17FN2OS.3C16H12FNS.C15H11FN2S/c1-13(23)6-7-14-8-10-15(11-9-14)18-12-24-19(22-18)21-17-5-3-2-4-16(17)20;1-11-4-2-5-12(8-11)15-10-19-16(18-15)13-6-3-7-14(17)9-13;1-11-5-4-6-12(9-11)15-10-19-16(18-15)13-7-2-3-8-14(13)17;1-11-3-2-4-13(9-11)15-10-19-16(18-15)12-5-7-14(17)8-6-12;16-12-7-4-8-13(9-12)17-15-18-14(10-19-15)11-5-2-1-3-6-11/h2-5,8-12H,6-7H2,1H3,(H,21,22);3*2-10H,1H3;1-10H,(H,17,18). The van der Waals surface area contributed by atoms with Crippen molar-refractivity contribution in [1.82, 2.24) is 24.9 Å². The van der Waals surface area contributed by atoms with E-state index in [1.54, 1.807) is 72.9 Å². The van der Waals surface area contributed by atoms with Crippen LogP contribution < -0.4 is 10.6 Å². The fourth-order valence-corrected chi connectivity index (χ4v) is 13.9. The predicted molar refractivity (Wildman–Crippen MR) is 407 cm³/mol. The number of aryl methyl sites for hydroxylation is 4. The van der Waals surface area contributed by atoms with Gasteiger partial charge < -0.3 is 15.4 Å². The van der Waals surface area contributed by atoms with Crippen molar-refractivity contribution in [2.24, 2.45) is 0 Å². The fraction of sp³-hybridized carbons (Fsp3) is 0.0732. The Morgan fingerprint density at radius 1 is 0.350 bits per heavy atom. The number of nitrogens with one attached hydrogen (secondary N) is 2. The number of anilines is 4. The summed E-state index contributed by atoms with van der Waals surface area (Å²) in [6.07, 6.45) is 1.32. The van der Waals surface area contributed by atoms with E-state index in [9.17, 15) is 26.7 Å². The highest BCUT2D eigenvalue weighted by Gasteiger charge is 2.14. The summed E-state index contributed by atoms with van der Waals surface area (Å²) in [6, 6.07) is 75.2. The van der Waals surface area contributed by atoms with Gasteiger partial charge in [-0.3, -0.25) is 0 Å². The van der Waals surface area contributed by atoms with Crippen molar-refractivity contribution in [2.45, 2.75) is 40.5 Å². The molecule has 0 unspecified atom stereocenters. The first-order valence-corrected chi connectivity index (χ1v) is 35.9. The van der Waals surface area contributed by atoms with Crippen molar-refractivity contribution in [3.8, 4) is 88.0 Å². The number of benzene rings is 10. The zero-order chi connectivity index (χ0) is 69.7. The van der Waals surface area contributed by atoms with Crippen LogP contribution >= 0.6 is 56.7 Å². The molecule has 8 nitrogen and oxygen atoms in total. The number of carbonyl (C=O) groups excluding carboxylic acids is 1. The minimum absolute atomic E-state index is 0.197. The van der Waals surface area contributed by atoms with Crippen LogP contribution in [0.5, 0.6) is 0 Å². The van der Waals surface area contributed by atoms with Gasteiger partial charge in [0.1, 0.15) is 49.9 Å². The number of hydrogen-bond donors (Lipinski definition) is 2. The average molecular weight is 1420 g/mol. The molecular weight excluding hydrogens is 1350 g/mol. The molecule has 0 aliphatic heterocycles. The van der Waals surface area contributed by atoms with Crippen molar-refractivity contribution in [2.75, 3.05) is 10.6 Å². The zero-order valence-corrected chi connectivity index (χ0v) is 58.6. The summed E-state index contributed by atoms with van der Waals surface area (Å²) in [7, 11) is 0. The SMILES string of the molecule is CC(=O)CCc1ccc(-c2csc(Nc3ccccc3F)n2)cc1.Cc1cccc(-c2csc(-c3ccc(F)cc3)n2)c1.Cc1cccc(-c2csc(-c3cccc(F)c3)n2)c1.Cc1cccc(-c2csc(-c3ccccc3F)n2)c1.Fc1cccc(Nc2nc(-c3ccccc3)cs2)c1. The van der Waals surface area contributed by atoms with E-state index in [1.807, 2.05) is 143 Å². The van der Waals surface area contributed by atoms with E-state index < -0.39 is 0 Å². The highest BCUT2D eigenvalue weighted by atomic mass is 32.1. The van der Waals surface area contributed by atoms with Gasteiger partial charge in [0.15, 0.2) is 10.3 Å². The van der Waals surface area contributed by atoms with Crippen LogP contribution in [0.2, 0.25) is 0 Å². The maximum atomic E-state index is 13.7. The van der Waals surface area contributed by atoms with Gasteiger partial charge in [-0.15, -0.1) is 56.7 Å². The maximum Gasteiger partial charge on any atom is 0.187 e. The third kappa shape index (κ3) is 20.2. The molecule has 0 aliphatic carbocycles. The van der Waals surface area contributed by atoms with Gasteiger partial charge in [0, 0.05) is 83.5 Å². The van der Waals surface area contributed by atoms with Crippen LogP contribution in [0.1, 0.15) is 35.6 Å². The van der Waals surface area contributed by atoms with E-state index in [0.29, 0.717) is 28.5 Å². The van der Waals surface area contributed by atoms with Gasteiger partial charge in [-0.25, -0.2) is 46.9 Å². The van der Waals surface area contributed by atoms with E-state index in [2.05, 4.69) is 85.8 Å². The highest BCUT2D eigenvalue weighted by molar-refractivity contribution is 7.15. The second-order valence-corrected chi connectivity index (χ2v) is 27.1. The first kappa shape index (κ1) is 70.6. The summed E-state index contributed by atoms with van der Waals surface area (Å²) in [4.78, 5) is 33.8. The summed E-state index contributed by atoms with van der Waals surface area (Å²) in [5, 5.41) is 19.9. The maximum absolute atomic E-state index is 13.7. The van der Waals surface area contributed by atoms with Gasteiger partial charge >= 0.3 is 0 Å². The lowest BCUT2D eigenvalue weighted by atomic mass is 10.1. The normalized spacial score (nSPS) is 10.6. The third-order valence-electron chi connectivity index (χ3n) is 15.0. The minimum Gasteiger partial charge on any atom is -0.331 e. The molecule has 0 radical (unpaired) electrons. The topological polar surface area (TPSA) is 106 Å². The molecule has 0 amide bonds. The molecule has 0 fully saturated rings. The molecule has 0 bridgehead atoms. The number of nitrogens with zero attached hydrogens (tertiary/aromatic N) is 5. The summed E-state index contributed by atoms with van der Waals surface area (Å²) < 4.78 is 66.6. The van der Waals surface area contributed by atoms with E-state index in [0.717, 1.165) is 99.6 Å². The number of rotatable bonds is 15. The lowest BCUT2D eigenvalue weighted by molar-refractivity contribution is -0.116. The molecule has 0 atom stereocenters. The van der Waals surface area contributed by atoms with E-state index in [1.165, 1.54) is 111 Å². The van der Waals surface area contributed by atoms with Gasteiger partial charge in [-0.1, -0.05) is 168 Å². The number of halogens is 5. The minimum atomic E-state index is -0.302.